The highest BCUT2D eigenvalue weighted by atomic mass is 16.5. The molecule has 1 fully saturated rings. The second kappa shape index (κ2) is 6.78. The Morgan fingerprint density at radius 1 is 1.35 bits per heavy atom. The van der Waals surface area contributed by atoms with Crippen molar-refractivity contribution in [3.05, 3.63) is 29.8 Å². The van der Waals surface area contributed by atoms with Crippen LogP contribution in [0.5, 0.6) is 5.75 Å². The predicted octanol–water partition coefficient (Wildman–Crippen LogP) is 3.76. The zero-order chi connectivity index (χ0) is 14.5. The fraction of sp³-hybridized carbons (Fsp3) is 0.588. The van der Waals surface area contributed by atoms with Gasteiger partial charge in [0.2, 0.25) is 0 Å². The van der Waals surface area contributed by atoms with Gasteiger partial charge < -0.3 is 9.84 Å². The number of ether oxygens (including phenoxy) is 1. The third-order valence-corrected chi connectivity index (χ3v) is 4.48. The summed E-state index contributed by atoms with van der Waals surface area (Å²) >= 11 is 0. The highest BCUT2D eigenvalue weighted by molar-refractivity contribution is 5.70. The quantitative estimate of drug-likeness (QED) is 0.890. The summed E-state index contributed by atoms with van der Waals surface area (Å²) in [7, 11) is 1.64. The molecule has 1 aromatic rings. The van der Waals surface area contributed by atoms with Gasteiger partial charge in [0.25, 0.3) is 0 Å². The molecule has 0 heterocycles. The van der Waals surface area contributed by atoms with Gasteiger partial charge in [0.15, 0.2) is 0 Å². The van der Waals surface area contributed by atoms with Gasteiger partial charge >= 0.3 is 5.97 Å². The maximum atomic E-state index is 11.6. The first-order chi connectivity index (χ1) is 9.60. The van der Waals surface area contributed by atoms with Crippen LogP contribution in [0.15, 0.2) is 24.3 Å². The van der Waals surface area contributed by atoms with Crippen LogP contribution in [0.2, 0.25) is 0 Å². The fourth-order valence-electron chi connectivity index (χ4n) is 3.32. The Morgan fingerprint density at radius 2 is 2.05 bits per heavy atom. The van der Waals surface area contributed by atoms with Crippen LogP contribution in [0.25, 0.3) is 0 Å². The molecule has 0 spiro atoms. The summed E-state index contributed by atoms with van der Waals surface area (Å²) in [6.07, 6.45) is 5.13. The standard InChI is InChI=1S/C17H24O3/c1-12-4-3-5-14(10-12)16(17(18)19)11-13-6-8-15(20-2)9-7-13/h6-9,12,14,16H,3-5,10-11H2,1-2H3,(H,18,19). The number of aliphatic carboxylic acids is 1. The summed E-state index contributed by atoms with van der Waals surface area (Å²) in [5.74, 6) is 0.878. The molecule has 0 aromatic heterocycles. The zero-order valence-corrected chi connectivity index (χ0v) is 12.3. The second-order valence-corrected chi connectivity index (χ2v) is 6.03. The highest BCUT2D eigenvalue weighted by Crippen LogP contribution is 2.35. The summed E-state index contributed by atoms with van der Waals surface area (Å²) in [4.78, 5) is 11.6. The van der Waals surface area contributed by atoms with Crippen molar-refractivity contribution in [1.82, 2.24) is 0 Å². The maximum Gasteiger partial charge on any atom is 0.307 e. The molecule has 1 aromatic carbocycles. The normalized spacial score (nSPS) is 24.1. The largest absolute Gasteiger partial charge is 0.497 e. The van der Waals surface area contributed by atoms with E-state index in [4.69, 9.17) is 4.74 Å². The van der Waals surface area contributed by atoms with Gasteiger partial charge in [0, 0.05) is 0 Å². The van der Waals surface area contributed by atoms with Crippen LogP contribution in [0.4, 0.5) is 0 Å². The number of carboxylic acids is 1. The lowest BCUT2D eigenvalue weighted by Gasteiger charge is -2.31. The van der Waals surface area contributed by atoms with Gasteiger partial charge in [-0.1, -0.05) is 31.9 Å². The van der Waals surface area contributed by atoms with Crippen molar-refractivity contribution in [3.63, 3.8) is 0 Å². The first-order valence-corrected chi connectivity index (χ1v) is 7.46. The number of methoxy groups -OCH3 is 1. The summed E-state index contributed by atoms with van der Waals surface area (Å²) in [5, 5.41) is 9.55. The summed E-state index contributed by atoms with van der Waals surface area (Å²) in [6.45, 7) is 2.23. The lowest BCUT2D eigenvalue weighted by atomic mass is 9.74. The van der Waals surface area contributed by atoms with Crippen LogP contribution in [0, 0.1) is 17.8 Å². The van der Waals surface area contributed by atoms with Crippen molar-refractivity contribution < 1.29 is 14.6 Å². The molecule has 110 valence electrons. The van der Waals surface area contributed by atoms with Crippen LogP contribution in [-0.4, -0.2) is 18.2 Å². The summed E-state index contributed by atoms with van der Waals surface area (Å²) in [6, 6.07) is 7.75. The Labute approximate surface area is 121 Å². The van der Waals surface area contributed by atoms with Gasteiger partial charge in [0.05, 0.1) is 13.0 Å². The maximum absolute atomic E-state index is 11.6. The van der Waals surface area contributed by atoms with E-state index < -0.39 is 5.97 Å². The first kappa shape index (κ1) is 14.9. The molecule has 0 radical (unpaired) electrons. The first-order valence-electron chi connectivity index (χ1n) is 7.46. The summed E-state index contributed by atoms with van der Waals surface area (Å²) in [5.41, 5.74) is 1.08. The van der Waals surface area contributed by atoms with E-state index in [0.717, 1.165) is 30.6 Å². The van der Waals surface area contributed by atoms with Crippen molar-refractivity contribution in [1.29, 1.82) is 0 Å². The topological polar surface area (TPSA) is 46.5 Å². The number of hydrogen-bond acceptors (Lipinski definition) is 2. The number of rotatable bonds is 5. The van der Waals surface area contributed by atoms with Crippen molar-refractivity contribution in [2.75, 3.05) is 7.11 Å². The van der Waals surface area contributed by atoms with E-state index in [-0.39, 0.29) is 5.92 Å². The molecule has 0 saturated heterocycles. The van der Waals surface area contributed by atoms with Crippen LogP contribution < -0.4 is 4.74 Å². The zero-order valence-electron chi connectivity index (χ0n) is 12.3. The lowest BCUT2D eigenvalue weighted by molar-refractivity contribution is -0.144. The molecule has 2 rings (SSSR count). The Bertz CT molecular complexity index is 438. The minimum atomic E-state index is -0.653. The predicted molar refractivity (Wildman–Crippen MR) is 78.9 cm³/mol. The Balaban J connectivity index is 2.06. The minimum absolute atomic E-state index is 0.258. The molecule has 3 atom stereocenters. The van der Waals surface area contributed by atoms with Gasteiger partial charge in [-0.15, -0.1) is 0 Å². The van der Waals surface area contributed by atoms with Crippen LogP contribution in [0.3, 0.4) is 0 Å². The van der Waals surface area contributed by atoms with E-state index >= 15 is 0 Å². The molecule has 1 saturated carbocycles. The third-order valence-electron chi connectivity index (χ3n) is 4.48. The van der Waals surface area contributed by atoms with Crippen molar-refractivity contribution in [3.8, 4) is 5.75 Å². The van der Waals surface area contributed by atoms with Gasteiger partial charge in [-0.3, -0.25) is 4.79 Å². The number of carboxylic acid groups (broad SMARTS) is 1. The molecule has 3 nitrogen and oxygen atoms in total. The molecule has 1 N–H and O–H groups in total. The van der Waals surface area contributed by atoms with Crippen LogP contribution in [0.1, 0.15) is 38.2 Å². The van der Waals surface area contributed by atoms with Crippen LogP contribution >= 0.6 is 0 Å². The van der Waals surface area contributed by atoms with Crippen molar-refractivity contribution in [2.24, 2.45) is 17.8 Å². The van der Waals surface area contributed by atoms with Gasteiger partial charge in [-0.2, -0.15) is 0 Å². The van der Waals surface area contributed by atoms with Crippen LogP contribution in [-0.2, 0) is 11.2 Å². The van der Waals surface area contributed by atoms with Gasteiger partial charge in [-0.05, 0) is 48.8 Å². The Kier molecular flexibility index (Phi) is 5.05. The molecule has 3 unspecified atom stereocenters. The third kappa shape index (κ3) is 3.75. The molecule has 0 amide bonds. The van der Waals surface area contributed by atoms with E-state index in [1.165, 1.54) is 6.42 Å². The van der Waals surface area contributed by atoms with E-state index in [1.54, 1.807) is 7.11 Å². The number of carbonyl (C=O) groups is 1. The van der Waals surface area contributed by atoms with Crippen molar-refractivity contribution >= 4 is 5.97 Å². The van der Waals surface area contributed by atoms with Crippen molar-refractivity contribution in [2.45, 2.75) is 39.0 Å². The molecule has 0 bridgehead atoms. The van der Waals surface area contributed by atoms with E-state index in [1.807, 2.05) is 24.3 Å². The molecule has 20 heavy (non-hydrogen) atoms. The smallest absolute Gasteiger partial charge is 0.307 e. The van der Waals surface area contributed by atoms with Gasteiger partial charge in [0.1, 0.15) is 5.75 Å². The summed E-state index contributed by atoms with van der Waals surface area (Å²) < 4.78 is 5.14. The second-order valence-electron chi connectivity index (χ2n) is 6.03. The average molecular weight is 276 g/mol. The van der Waals surface area contributed by atoms with E-state index in [2.05, 4.69) is 6.92 Å². The molecule has 1 aliphatic rings. The van der Waals surface area contributed by atoms with Gasteiger partial charge in [-0.25, -0.2) is 0 Å². The number of benzene rings is 1. The Hall–Kier alpha value is -1.51. The average Bonchev–Trinajstić information content (AvgIpc) is 2.45. The Morgan fingerprint density at radius 3 is 2.60 bits per heavy atom. The molecule has 0 aliphatic heterocycles. The van der Waals surface area contributed by atoms with E-state index in [0.29, 0.717) is 18.3 Å². The SMILES string of the molecule is COc1ccc(CC(C(=O)O)C2CCCC(C)C2)cc1. The molecule has 1 aliphatic carbocycles. The molecular weight excluding hydrogens is 252 g/mol. The lowest BCUT2D eigenvalue weighted by Crippen LogP contribution is -2.29. The number of hydrogen-bond donors (Lipinski definition) is 1. The highest BCUT2D eigenvalue weighted by Gasteiger charge is 2.31. The molecular formula is C17H24O3. The minimum Gasteiger partial charge on any atom is -0.497 e. The van der Waals surface area contributed by atoms with E-state index in [9.17, 15) is 9.90 Å². The fourth-order valence-corrected chi connectivity index (χ4v) is 3.32. The monoisotopic (exact) mass is 276 g/mol. The molecule has 3 heteroatoms.